The van der Waals surface area contributed by atoms with Crippen LogP contribution in [0.4, 0.5) is 5.82 Å². The number of sulfone groups is 1. The predicted molar refractivity (Wildman–Crippen MR) is 125 cm³/mol. The van der Waals surface area contributed by atoms with Gasteiger partial charge in [-0.25, -0.2) is 18.4 Å². The Morgan fingerprint density at radius 1 is 1.19 bits per heavy atom. The minimum Gasteiger partial charge on any atom is -0.355 e. The van der Waals surface area contributed by atoms with Crippen LogP contribution in [0.2, 0.25) is 5.02 Å². The van der Waals surface area contributed by atoms with E-state index in [0.717, 1.165) is 32.5 Å². The normalized spacial score (nSPS) is 15.8. The van der Waals surface area contributed by atoms with E-state index in [9.17, 15) is 8.42 Å². The van der Waals surface area contributed by atoms with E-state index >= 15 is 0 Å². The van der Waals surface area contributed by atoms with Gasteiger partial charge in [0.15, 0.2) is 9.84 Å². The number of nitrogens with zero attached hydrogens (tertiary/aromatic N) is 4. The van der Waals surface area contributed by atoms with E-state index in [1.54, 1.807) is 10.9 Å². The third-order valence-corrected chi connectivity index (χ3v) is 8.20. The van der Waals surface area contributed by atoms with Crippen LogP contribution in [0, 0.1) is 0 Å². The smallest absolute Gasteiger partial charge is 0.185 e. The predicted octanol–water partition coefficient (Wildman–Crippen LogP) is 4.27. The van der Waals surface area contributed by atoms with E-state index in [-0.39, 0.29) is 10.6 Å². The molecular weight excluding hydrogens is 452 g/mol. The largest absolute Gasteiger partial charge is 0.355 e. The van der Waals surface area contributed by atoms with Crippen molar-refractivity contribution in [1.82, 2.24) is 14.9 Å². The molecular formula is C22H25ClN4O2S2. The number of aromatic nitrogens is 2. The maximum atomic E-state index is 12.7. The van der Waals surface area contributed by atoms with Crippen molar-refractivity contribution < 1.29 is 8.42 Å². The van der Waals surface area contributed by atoms with Gasteiger partial charge in [-0.2, -0.15) is 0 Å². The molecule has 0 aliphatic carbocycles. The molecule has 0 radical (unpaired) electrons. The van der Waals surface area contributed by atoms with Gasteiger partial charge in [0.05, 0.1) is 26.9 Å². The highest BCUT2D eigenvalue weighted by atomic mass is 35.5. The van der Waals surface area contributed by atoms with Crippen molar-refractivity contribution in [3.05, 3.63) is 69.8 Å². The molecule has 0 atom stereocenters. The summed E-state index contributed by atoms with van der Waals surface area (Å²) in [6, 6.07) is 12.3. The van der Waals surface area contributed by atoms with Crippen LogP contribution in [0.1, 0.15) is 24.1 Å². The molecule has 6 nitrogen and oxygen atoms in total. The first-order valence-corrected chi connectivity index (χ1v) is 13.1. The minimum atomic E-state index is -3.54. The molecule has 3 heterocycles. The number of pyridine rings is 1. The molecule has 0 unspecified atom stereocenters. The van der Waals surface area contributed by atoms with Crippen molar-refractivity contribution in [2.75, 3.05) is 25.0 Å². The highest BCUT2D eigenvalue weighted by molar-refractivity contribution is 7.90. The zero-order chi connectivity index (χ0) is 21.8. The lowest BCUT2D eigenvalue weighted by atomic mass is 10.0. The molecule has 1 fully saturated rings. The fourth-order valence-corrected chi connectivity index (χ4v) is 6.16. The number of hydrogen-bond acceptors (Lipinski definition) is 7. The van der Waals surface area contributed by atoms with E-state index in [0.29, 0.717) is 22.6 Å². The average molecular weight is 477 g/mol. The first-order valence-electron chi connectivity index (χ1n) is 10.2. The van der Waals surface area contributed by atoms with Crippen molar-refractivity contribution in [3.8, 4) is 0 Å². The van der Waals surface area contributed by atoms with Crippen LogP contribution in [-0.4, -0.2) is 49.5 Å². The molecule has 0 amide bonds. The average Bonchev–Trinajstić information content (AvgIpc) is 3.27. The highest BCUT2D eigenvalue weighted by Gasteiger charge is 2.26. The molecule has 2 aromatic heterocycles. The topological polar surface area (TPSA) is 66.4 Å². The van der Waals surface area contributed by atoms with Crippen LogP contribution < -0.4 is 4.90 Å². The Morgan fingerprint density at radius 3 is 2.58 bits per heavy atom. The van der Waals surface area contributed by atoms with Gasteiger partial charge in [0.25, 0.3) is 0 Å². The molecule has 1 aromatic carbocycles. The maximum absolute atomic E-state index is 12.7. The van der Waals surface area contributed by atoms with Crippen LogP contribution in [-0.2, 0) is 22.1 Å². The molecule has 0 saturated carbocycles. The van der Waals surface area contributed by atoms with E-state index in [1.807, 2.05) is 13.1 Å². The molecule has 4 rings (SSSR count). The SMILES string of the molecule is CN(c1ncc(S(=O)(=O)Cc2cscn2)cc1Cl)C1CCN(Cc2ccccc2)CC1. The molecule has 0 spiro atoms. The van der Waals surface area contributed by atoms with Crippen molar-refractivity contribution in [2.45, 2.75) is 36.1 Å². The highest BCUT2D eigenvalue weighted by Crippen LogP contribution is 2.30. The number of halogens is 1. The van der Waals surface area contributed by atoms with Crippen LogP contribution in [0.3, 0.4) is 0 Å². The summed E-state index contributed by atoms with van der Waals surface area (Å²) in [5.41, 5.74) is 3.48. The molecule has 3 aromatic rings. The fraction of sp³-hybridized carbons (Fsp3) is 0.364. The van der Waals surface area contributed by atoms with E-state index in [4.69, 9.17) is 11.6 Å². The zero-order valence-electron chi connectivity index (χ0n) is 17.3. The van der Waals surface area contributed by atoms with Gasteiger partial charge < -0.3 is 4.90 Å². The van der Waals surface area contributed by atoms with Gasteiger partial charge in [-0.15, -0.1) is 11.3 Å². The van der Waals surface area contributed by atoms with E-state index in [2.05, 4.69) is 44.0 Å². The first-order chi connectivity index (χ1) is 14.9. The molecule has 9 heteroatoms. The Labute approximate surface area is 192 Å². The number of piperidine rings is 1. The van der Waals surface area contributed by atoms with Gasteiger partial charge in [0.2, 0.25) is 0 Å². The number of hydrogen-bond donors (Lipinski definition) is 0. The molecule has 1 saturated heterocycles. The number of benzene rings is 1. The Kier molecular flexibility index (Phi) is 6.91. The standard InChI is InChI=1S/C22H25ClN4O2S2/c1-26(19-7-9-27(10-8-19)13-17-5-3-2-4-6-17)22-21(23)11-20(12-24-22)31(28,29)15-18-14-30-16-25-18/h2-6,11-12,14,16,19H,7-10,13,15H2,1H3. The van der Waals surface area contributed by atoms with Gasteiger partial charge in [-0.05, 0) is 24.5 Å². The van der Waals surface area contributed by atoms with Crippen molar-refractivity contribution in [3.63, 3.8) is 0 Å². The zero-order valence-corrected chi connectivity index (χ0v) is 19.7. The third-order valence-electron chi connectivity index (χ3n) is 5.67. The summed E-state index contributed by atoms with van der Waals surface area (Å²) in [4.78, 5) is 13.2. The third kappa shape index (κ3) is 5.44. The molecule has 0 N–H and O–H groups in total. The second-order valence-electron chi connectivity index (χ2n) is 7.82. The van der Waals surface area contributed by atoms with Crippen molar-refractivity contribution in [1.29, 1.82) is 0 Å². The lowest BCUT2D eigenvalue weighted by Crippen LogP contribution is -2.43. The Hall–Kier alpha value is -2.00. The number of thiazole rings is 1. The quantitative estimate of drug-likeness (QED) is 0.507. The Balaban J connectivity index is 1.39. The molecule has 164 valence electrons. The van der Waals surface area contributed by atoms with E-state index < -0.39 is 9.84 Å². The molecule has 0 bridgehead atoms. The van der Waals surface area contributed by atoms with Gasteiger partial charge in [0, 0.05) is 44.3 Å². The van der Waals surface area contributed by atoms with Gasteiger partial charge in [-0.1, -0.05) is 41.9 Å². The summed E-state index contributed by atoms with van der Waals surface area (Å²) >= 11 is 7.85. The summed E-state index contributed by atoms with van der Waals surface area (Å²) in [7, 11) is -1.56. The van der Waals surface area contributed by atoms with Crippen LogP contribution in [0.25, 0.3) is 0 Å². The number of rotatable bonds is 7. The summed E-state index contributed by atoms with van der Waals surface area (Å²) in [6.45, 7) is 2.96. The number of likely N-dealkylation sites (tertiary alicyclic amines) is 1. The van der Waals surface area contributed by atoms with Gasteiger partial charge in [0.1, 0.15) is 5.82 Å². The summed E-state index contributed by atoms with van der Waals surface area (Å²) in [5, 5.41) is 2.09. The minimum absolute atomic E-state index is 0.125. The van der Waals surface area contributed by atoms with Crippen LogP contribution in [0.15, 0.2) is 58.4 Å². The maximum Gasteiger partial charge on any atom is 0.185 e. The van der Waals surface area contributed by atoms with Crippen molar-refractivity contribution >= 4 is 38.6 Å². The van der Waals surface area contributed by atoms with Crippen LogP contribution >= 0.6 is 22.9 Å². The summed E-state index contributed by atoms with van der Waals surface area (Å²) < 4.78 is 25.3. The van der Waals surface area contributed by atoms with Gasteiger partial charge >= 0.3 is 0 Å². The summed E-state index contributed by atoms with van der Waals surface area (Å²) in [6.07, 6.45) is 3.42. The van der Waals surface area contributed by atoms with E-state index in [1.165, 1.54) is 29.2 Å². The Morgan fingerprint density at radius 2 is 1.94 bits per heavy atom. The fourth-order valence-electron chi connectivity index (χ4n) is 3.91. The number of anilines is 1. The monoisotopic (exact) mass is 476 g/mol. The molecule has 31 heavy (non-hydrogen) atoms. The lowest BCUT2D eigenvalue weighted by molar-refractivity contribution is 0.203. The second-order valence-corrected chi connectivity index (χ2v) is 10.9. The first kappa shape index (κ1) is 22.2. The molecule has 1 aliphatic heterocycles. The van der Waals surface area contributed by atoms with Gasteiger partial charge in [-0.3, -0.25) is 4.90 Å². The summed E-state index contributed by atoms with van der Waals surface area (Å²) in [5.74, 6) is 0.472. The van der Waals surface area contributed by atoms with Crippen molar-refractivity contribution in [2.24, 2.45) is 0 Å². The molecule has 1 aliphatic rings. The second kappa shape index (κ2) is 9.65. The van der Waals surface area contributed by atoms with Crippen LogP contribution in [0.5, 0.6) is 0 Å². The Bertz CT molecular complexity index is 1100. The lowest BCUT2D eigenvalue weighted by Gasteiger charge is -2.37.